The second kappa shape index (κ2) is 6.86. The summed E-state index contributed by atoms with van der Waals surface area (Å²) in [5, 5.41) is 0.00639. The van der Waals surface area contributed by atoms with E-state index in [4.69, 9.17) is 0 Å². The minimum Gasteiger partial charge on any atom is -0.357 e. The molecule has 0 spiro atoms. The molecule has 130 valence electrons. The van der Waals surface area contributed by atoms with Crippen molar-refractivity contribution in [2.75, 3.05) is 18.0 Å². The summed E-state index contributed by atoms with van der Waals surface area (Å²) in [6.45, 7) is 5.93. The molecule has 0 unspecified atom stereocenters. The van der Waals surface area contributed by atoms with Crippen molar-refractivity contribution in [3.05, 3.63) is 30.6 Å². The van der Waals surface area contributed by atoms with Gasteiger partial charge in [-0.3, -0.25) is 0 Å². The number of anilines is 1. The Bertz CT molecular complexity index is 796. The van der Waals surface area contributed by atoms with Crippen molar-refractivity contribution >= 4 is 15.8 Å². The van der Waals surface area contributed by atoms with Crippen LogP contribution < -0.4 is 9.62 Å². The monoisotopic (exact) mass is 350 g/mol. The van der Waals surface area contributed by atoms with E-state index in [0.717, 1.165) is 31.7 Å². The highest BCUT2D eigenvalue weighted by molar-refractivity contribution is 7.89. The van der Waals surface area contributed by atoms with Crippen LogP contribution in [0.5, 0.6) is 0 Å². The number of sulfonamides is 1. The van der Waals surface area contributed by atoms with E-state index in [0.29, 0.717) is 5.82 Å². The van der Waals surface area contributed by atoms with Gasteiger partial charge in [-0.15, -0.1) is 0 Å². The van der Waals surface area contributed by atoms with E-state index in [1.165, 1.54) is 12.5 Å². The van der Waals surface area contributed by atoms with Crippen LogP contribution in [0.25, 0.3) is 0 Å². The summed E-state index contributed by atoms with van der Waals surface area (Å²) < 4.78 is 28.9. The first-order chi connectivity index (χ1) is 11.5. The lowest BCUT2D eigenvalue weighted by atomic mass is 10.4. The predicted octanol–water partition coefficient (Wildman–Crippen LogP) is 1.33. The summed E-state index contributed by atoms with van der Waals surface area (Å²) in [6, 6.07) is 2.01. The Hall–Kier alpha value is -2.00. The Morgan fingerprint density at radius 3 is 2.67 bits per heavy atom. The van der Waals surface area contributed by atoms with Gasteiger partial charge in [0.1, 0.15) is 11.6 Å². The lowest BCUT2D eigenvalue weighted by Gasteiger charge is -2.16. The van der Waals surface area contributed by atoms with Gasteiger partial charge in [-0.25, -0.2) is 28.1 Å². The fraction of sp³-hybridized carbons (Fsp3) is 0.533. The number of hydrogen-bond acceptors (Lipinski definition) is 6. The lowest BCUT2D eigenvalue weighted by Crippen LogP contribution is -2.25. The Balaban J connectivity index is 1.69. The van der Waals surface area contributed by atoms with E-state index in [1.54, 1.807) is 10.8 Å². The van der Waals surface area contributed by atoms with Gasteiger partial charge in [-0.1, -0.05) is 0 Å². The van der Waals surface area contributed by atoms with Crippen molar-refractivity contribution in [1.82, 2.24) is 24.2 Å². The molecule has 3 heterocycles. The molecule has 0 aromatic carbocycles. The maximum atomic E-state index is 12.3. The smallest absolute Gasteiger partial charge is 0.259 e. The molecule has 8 nitrogen and oxygen atoms in total. The molecule has 0 saturated carbocycles. The van der Waals surface area contributed by atoms with Crippen molar-refractivity contribution in [3.8, 4) is 0 Å². The second-order valence-corrected chi connectivity index (χ2v) is 7.82. The molecule has 0 atom stereocenters. The number of hydrogen-bond donors (Lipinski definition) is 1. The molecule has 24 heavy (non-hydrogen) atoms. The topological polar surface area (TPSA) is 93.0 Å². The van der Waals surface area contributed by atoms with Gasteiger partial charge in [0.25, 0.3) is 10.0 Å². The van der Waals surface area contributed by atoms with Crippen LogP contribution in [0.1, 0.15) is 38.6 Å². The van der Waals surface area contributed by atoms with Gasteiger partial charge >= 0.3 is 0 Å². The highest BCUT2D eigenvalue weighted by Crippen LogP contribution is 2.17. The number of imidazole rings is 1. The van der Waals surface area contributed by atoms with Crippen LogP contribution in [0.3, 0.4) is 0 Å². The summed E-state index contributed by atoms with van der Waals surface area (Å²) in [4.78, 5) is 14.7. The molecule has 3 rings (SSSR count). The zero-order valence-corrected chi connectivity index (χ0v) is 14.7. The number of aromatic nitrogens is 4. The Labute approximate surface area is 142 Å². The second-order valence-electron chi connectivity index (χ2n) is 6.10. The minimum absolute atomic E-state index is 0.00639. The minimum atomic E-state index is -3.68. The molecule has 1 saturated heterocycles. The molecule has 0 radical (unpaired) electrons. The van der Waals surface area contributed by atoms with E-state index in [-0.39, 0.29) is 17.6 Å². The summed E-state index contributed by atoms with van der Waals surface area (Å²) in [5.41, 5.74) is 0. The zero-order chi connectivity index (χ0) is 17.2. The SMILES string of the molecule is CC(C)n1cnc(S(=O)(=O)NCc2nccc(N3CCCC3)n2)c1. The van der Waals surface area contributed by atoms with E-state index in [9.17, 15) is 8.42 Å². The molecular formula is C15H22N6O2S. The molecule has 1 fully saturated rings. The van der Waals surface area contributed by atoms with Gasteiger partial charge in [0.15, 0.2) is 5.03 Å². The van der Waals surface area contributed by atoms with Crippen LogP contribution in [0.4, 0.5) is 5.82 Å². The van der Waals surface area contributed by atoms with Crippen LogP contribution in [0.15, 0.2) is 29.8 Å². The van der Waals surface area contributed by atoms with E-state index < -0.39 is 10.0 Å². The first kappa shape index (κ1) is 16.8. The molecule has 0 amide bonds. The standard InChI is InChI=1S/C15H22N6O2S/c1-12(2)21-10-15(17-11-21)24(22,23)18-9-13-16-6-5-14(19-13)20-7-3-4-8-20/h5-6,10-12,18H,3-4,7-9H2,1-2H3. The third kappa shape index (κ3) is 3.73. The average molecular weight is 350 g/mol. The van der Waals surface area contributed by atoms with Crippen LogP contribution >= 0.6 is 0 Å². The van der Waals surface area contributed by atoms with Crippen LogP contribution in [-0.2, 0) is 16.6 Å². The van der Waals surface area contributed by atoms with E-state index in [1.807, 2.05) is 19.9 Å². The number of nitrogens with zero attached hydrogens (tertiary/aromatic N) is 5. The molecular weight excluding hydrogens is 328 g/mol. The summed E-state index contributed by atoms with van der Waals surface area (Å²) in [7, 11) is -3.68. The Kier molecular flexibility index (Phi) is 4.81. The molecule has 1 aliphatic heterocycles. The zero-order valence-electron chi connectivity index (χ0n) is 13.9. The normalized spacial score (nSPS) is 15.4. The molecule has 9 heteroatoms. The van der Waals surface area contributed by atoms with Gasteiger partial charge in [0.2, 0.25) is 0 Å². The number of rotatable bonds is 6. The van der Waals surface area contributed by atoms with Gasteiger partial charge in [0, 0.05) is 31.5 Å². The Morgan fingerprint density at radius 2 is 2.00 bits per heavy atom. The fourth-order valence-electron chi connectivity index (χ4n) is 2.57. The first-order valence-electron chi connectivity index (χ1n) is 8.06. The summed E-state index contributed by atoms with van der Waals surface area (Å²) >= 11 is 0. The van der Waals surface area contributed by atoms with Crippen LogP contribution in [-0.4, -0.2) is 41.0 Å². The largest absolute Gasteiger partial charge is 0.357 e. The summed E-state index contributed by atoms with van der Waals surface area (Å²) in [5.74, 6) is 1.30. The van der Waals surface area contributed by atoms with Crippen molar-refractivity contribution in [1.29, 1.82) is 0 Å². The van der Waals surface area contributed by atoms with Crippen LogP contribution in [0, 0.1) is 0 Å². The molecule has 2 aromatic rings. The van der Waals surface area contributed by atoms with Gasteiger partial charge < -0.3 is 9.47 Å². The molecule has 2 aromatic heterocycles. The van der Waals surface area contributed by atoms with Crippen molar-refractivity contribution in [3.63, 3.8) is 0 Å². The van der Waals surface area contributed by atoms with E-state index in [2.05, 4.69) is 24.6 Å². The predicted molar refractivity (Wildman–Crippen MR) is 90.1 cm³/mol. The van der Waals surface area contributed by atoms with Gasteiger partial charge in [-0.05, 0) is 32.8 Å². The summed E-state index contributed by atoms with van der Waals surface area (Å²) in [6.07, 6.45) is 7.02. The quantitative estimate of drug-likeness (QED) is 0.845. The van der Waals surface area contributed by atoms with E-state index >= 15 is 0 Å². The molecule has 1 aliphatic rings. The maximum absolute atomic E-state index is 12.3. The maximum Gasteiger partial charge on any atom is 0.259 e. The lowest BCUT2D eigenvalue weighted by molar-refractivity contribution is 0.574. The third-order valence-corrected chi connectivity index (χ3v) is 5.28. The van der Waals surface area contributed by atoms with Crippen molar-refractivity contribution in [2.45, 2.75) is 44.3 Å². The fourth-order valence-corrected chi connectivity index (χ4v) is 3.48. The number of nitrogens with one attached hydrogen (secondary N) is 1. The average Bonchev–Trinajstić information content (AvgIpc) is 3.25. The van der Waals surface area contributed by atoms with Crippen molar-refractivity contribution in [2.24, 2.45) is 0 Å². The highest BCUT2D eigenvalue weighted by Gasteiger charge is 2.19. The van der Waals surface area contributed by atoms with Crippen LogP contribution in [0.2, 0.25) is 0 Å². The van der Waals surface area contributed by atoms with Gasteiger partial charge in [-0.2, -0.15) is 0 Å². The molecule has 0 aliphatic carbocycles. The molecule has 1 N–H and O–H groups in total. The highest BCUT2D eigenvalue weighted by atomic mass is 32.2. The first-order valence-corrected chi connectivity index (χ1v) is 9.54. The van der Waals surface area contributed by atoms with Crippen molar-refractivity contribution < 1.29 is 8.42 Å². The Morgan fingerprint density at radius 1 is 1.25 bits per heavy atom. The van der Waals surface area contributed by atoms with Gasteiger partial charge in [0.05, 0.1) is 12.9 Å². The third-order valence-electron chi connectivity index (χ3n) is 3.99. The molecule has 0 bridgehead atoms.